The summed E-state index contributed by atoms with van der Waals surface area (Å²) < 4.78 is 5.60. The minimum absolute atomic E-state index is 0.270. The first-order valence-corrected chi connectivity index (χ1v) is 6.90. The molecular formula is C17H18N2O3. The molecule has 0 aliphatic rings. The maximum atomic E-state index is 12.1. The fraction of sp³-hybridized carbons (Fsp3) is 0.176. The lowest BCUT2D eigenvalue weighted by Gasteiger charge is -2.15. The predicted molar refractivity (Wildman–Crippen MR) is 84.9 cm³/mol. The molecular weight excluding hydrogens is 280 g/mol. The van der Waals surface area contributed by atoms with Crippen LogP contribution in [-0.4, -0.2) is 17.9 Å². The van der Waals surface area contributed by atoms with Crippen LogP contribution >= 0.6 is 0 Å². The average Bonchev–Trinajstić information content (AvgIpc) is 2.47. The molecule has 0 aromatic heterocycles. The maximum absolute atomic E-state index is 12.1. The lowest BCUT2D eigenvalue weighted by Crippen LogP contribution is -2.30. The van der Waals surface area contributed by atoms with Crippen molar-refractivity contribution in [1.29, 1.82) is 0 Å². The van der Waals surface area contributed by atoms with Gasteiger partial charge in [0.05, 0.1) is 0 Å². The number of ether oxygens (including phenoxy) is 1. The zero-order chi connectivity index (χ0) is 16.1. The number of hydrogen-bond acceptors (Lipinski definition) is 3. The molecule has 22 heavy (non-hydrogen) atoms. The molecule has 2 aromatic carbocycles. The van der Waals surface area contributed by atoms with Crippen LogP contribution in [0.4, 0.5) is 5.69 Å². The van der Waals surface area contributed by atoms with E-state index < -0.39 is 12.0 Å². The van der Waals surface area contributed by atoms with E-state index in [0.717, 1.165) is 5.56 Å². The highest BCUT2D eigenvalue weighted by Gasteiger charge is 2.15. The number of carbonyl (C=O) groups is 2. The summed E-state index contributed by atoms with van der Waals surface area (Å²) >= 11 is 0. The van der Waals surface area contributed by atoms with Crippen LogP contribution < -0.4 is 15.8 Å². The molecule has 0 heterocycles. The normalized spacial score (nSPS) is 11.5. The van der Waals surface area contributed by atoms with Crippen molar-refractivity contribution in [2.24, 2.45) is 5.73 Å². The molecule has 0 saturated carbocycles. The minimum Gasteiger partial charge on any atom is -0.481 e. The number of rotatable bonds is 5. The van der Waals surface area contributed by atoms with Crippen LogP contribution in [0.5, 0.6) is 5.75 Å². The van der Waals surface area contributed by atoms with Gasteiger partial charge in [0.15, 0.2) is 6.10 Å². The molecule has 2 rings (SSSR count). The van der Waals surface area contributed by atoms with Crippen molar-refractivity contribution in [3.8, 4) is 5.75 Å². The second kappa shape index (κ2) is 6.76. The van der Waals surface area contributed by atoms with Gasteiger partial charge < -0.3 is 15.8 Å². The number of amides is 2. The van der Waals surface area contributed by atoms with Crippen LogP contribution in [-0.2, 0) is 4.79 Å². The van der Waals surface area contributed by atoms with Crippen molar-refractivity contribution in [3.63, 3.8) is 0 Å². The Hall–Kier alpha value is -2.82. The van der Waals surface area contributed by atoms with Gasteiger partial charge >= 0.3 is 0 Å². The van der Waals surface area contributed by atoms with E-state index in [2.05, 4.69) is 5.32 Å². The molecule has 0 aliphatic carbocycles. The van der Waals surface area contributed by atoms with Gasteiger partial charge in [-0.25, -0.2) is 0 Å². The van der Waals surface area contributed by atoms with Crippen molar-refractivity contribution >= 4 is 17.5 Å². The molecule has 0 radical (unpaired) electrons. The van der Waals surface area contributed by atoms with Gasteiger partial charge in [-0.1, -0.05) is 12.1 Å². The third-order valence-electron chi connectivity index (χ3n) is 3.11. The molecule has 0 fully saturated rings. The summed E-state index contributed by atoms with van der Waals surface area (Å²) in [5.74, 6) is -0.130. The quantitative estimate of drug-likeness (QED) is 0.889. The molecule has 114 valence electrons. The lowest BCUT2D eigenvalue weighted by atomic mass is 10.2. The number of aryl methyl sites for hydroxylation is 1. The van der Waals surface area contributed by atoms with E-state index in [9.17, 15) is 9.59 Å². The van der Waals surface area contributed by atoms with Crippen molar-refractivity contribution in [2.45, 2.75) is 20.0 Å². The van der Waals surface area contributed by atoms with Gasteiger partial charge in [-0.05, 0) is 55.8 Å². The molecule has 0 unspecified atom stereocenters. The molecule has 5 heteroatoms. The summed E-state index contributed by atoms with van der Waals surface area (Å²) in [5.41, 5.74) is 7.20. The van der Waals surface area contributed by atoms with Gasteiger partial charge in [-0.15, -0.1) is 0 Å². The fourth-order valence-corrected chi connectivity index (χ4v) is 1.91. The Kier molecular flexibility index (Phi) is 4.78. The van der Waals surface area contributed by atoms with Crippen LogP contribution in [0.1, 0.15) is 22.8 Å². The molecule has 0 saturated heterocycles. The molecule has 0 spiro atoms. The highest BCUT2D eigenvalue weighted by molar-refractivity contribution is 5.96. The standard InChI is InChI=1S/C17H18N2O3/c1-11-4-3-5-15(10-11)22-12(2)17(21)19-14-8-6-13(7-9-14)16(18)20/h3-10,12H,1-2H3,(H2,18,20)(H,19,21)/t12-/m1/s1. The Morgan fingerprint density at radius 1 is 1.14 bits per heavy atom. The largest absolute Gasteiger partial charge is 0.481 e. The van der Waals surface area contributed by atoms with Crippen LogP contribution in [0.2, 0.25) is 0 Å². The summed E-state index contributed by atoms with van der Waals surface area (Å²) in [7, 11) is 0. The molecule has 5 nitrogen and oxygen atoms in total. The number of nitrogens with two attached hydrogens (primary N) is 1. The smallest absolute Gasteiger partial charge is 0.265 e. The molecule has 2 aromatic rings. The molecule has 0 aliphatic heterocycles. The van der Waals surface area contributed by atoms with E-state index in [-0.39, 0.29) is 5.91 Å². The Balaban J connectivity index is 1.97. The van der Waals surface area contributed by atoms with Gasteiger partial charge in [-0.3, -0.25) is 9.59 Å². The number of primary amides is 1. The van der Waals surface area contributed by atoms with Gasteiger partial charge in [-0.2, -0.15) is 0 Å². The first kappa shape index (κ1) is 15.6. The SMILES string of the molecule is Cc1cccc(O[C@H](C)C(=O)Nc2ccc(C(N)=O)cc2)c1. The van der Waals surface area contributed by atoms with Crippen molar-refractivity contribution in [2.75, 3.05) is 5.32 Å². The number of benzene rings is 2. The van der Waals surface area contributed by atoms with Crippen molar-refractivity contribution < 1.29 is 14.3 Å². The summed E-state index contributed by atoms with van der Waals surface area (Å²) in [6.45, 7) is 3.63. The topological polar surface area (TPSA) is 81.4 Å². The molecule has 1 atom stereocenters. The number of anilines is 1. The summed E-state index contributed by atoms with van der Waals surface area (Å²) in [4.78, 5) is 23.1. The molecule has 2 amide bonds. The zero-order valence-electron chi connectivity index (χ0n) is 12.5. The van der Waals surface area contributed by atoms with Crippen molar-refractivity contribution in [3.05, 3.63) is 59.7 Å². The minimum atomic E-state index is -0.641. The van der Waals surface area contributed by atoms with Crippen LogP contribution in [0.15, 0.2) is 48.5 Å². The molecule has 0 bridgehead atoms. The maximum Gasteiger partial charge on any atom is 0.265 e. The van der Waals surface area contributed by atoms with Gasteiger partial charge in [0.2, 0.25) is 5.91 Å². The van der Waals surface area contributed by atoms with Gasteiger partial charge in [0.1, 0.15) is 5.75 Å². The number of nitrogens with one attached hydrogen (secondary N) is 1. The van der Waals surface area contributed by atoms with Crippen LogP contribution in [0.3, 0.4) is 0 Å². The molecule has 3 N–H and O–H groups in total. The Labute approximate surface area is 129 Å². The van der Waals surface area contributed by atoms with E-state index >= 15 is 0 Å². The lowest BCUT2D eigenvalue weighted by molar-refractivity contribution is -0.122. The summed E-state index contributed by atoms with van der Waals surface area (Å²) in [5, 5.41) is 2.73. The first-order valence-electron chi connectivity index (χ1n) is 6.90. The average molecular weight is 298 g/mol. The van der Waals surface area contributed by atoms with E-state index in [0.29, 0.717) is 17.0 Å². The Morgan fingerprint density at radius 2 is 1.82 bits per heavy atom. The fourth-order valence-electron chi connectivity index (χ4n) is 1.91. The van der Waals surface area contributed by atoms with Crippen molar-refractivity contribution in [1.82, 2.24) is 0 Å². The summed E-state index contributed by atoms with van der Waals surface area (Å²) in [6, 6.07) is 13.9. The van der Waals surface area contributed by atoms with E-state index in [1.54, 1.807) is 37.3 Å². The van der Waals surface area contributed by atoms with E-state index in [1.165, 1.54) is 0 Å². The Morgan fingerprint density at radius 3 is 2.41 bits per heavy atom. The predicted octanol–water partition coefficient (Wildman–Crippen LogP) is 2.50. The van der Waals surface area contributed by atoms with Gasteiger partial charge in [0.25, 0.3) is 5.91 Å². The van der Waals surface area contributed by atoms with E-state index in [1.807, 2.05) is 25.1 Å². The van der Waals surface area contributed by atoms with Gasteiger partial charge in [0, 0.05) is 11.3 Å². The highest BCUT2D eigenvalue weighted by atomic mass is 16.5. The second-order valence-corrected chi connectivity index (χ2v) is 5.01. The number of carbonyl (C=O) groups excluding carboxylic acids is 2. The Bertz CT molecular complexity index is 681. The highest BCUT2D eigenvalue weighted by Crippen LogP contribution is 2.15. The first-order chi connectivity index (χ1) is 10.5. The third kappa shape index (κ3) is 4.09. The van der Waals surface area contributed by atoms with E-state index in [4.69, 9.17) is 10.5 Å². The number of hydrogen-bond donors (Lipinski definition) is 2. The monoisotopic (exact) mass is 298 g/mol. The summed E-state index contributed by atoms with van der Waals surface area (Å²) in [6.07, 6.45) is -0.641. The second-order valence-electron chi connectivity index (χ2n) is 5.01. The van der Waals surface area contributed by atoms with Crippen LogP contribution in [0.25, 0.3) is 0 Å². The third-order valence-corrected chi connectivity index (χ3v) is 3.11. The van der Waals surface area contributed by atoms with Crippen LogP contribution in [0, 0.1) is 6.92 Å². The zero-order valence-corrected chi connectivity index (χ0v) is 12.5.